The van der Waals surface area contributed by atoms with E-state index in [0.29, 0.717) is 12.1 Å². The first-order valence-corrected chi connectivity index (χ1v) is 7.63. The zero-order valence-corrected chi connectivity index (χ0v) is 13.4. The third-order valence-corrected chi connectivity index (χ3v) is 4.11. The Labute approximate surface area is 127 Å². The molecule has 4 heteroatoms. The van der Waals surface area contributed by atoms with Crippen LogP contribution in [-0.2, 0) is 11.3 Å². The van der Waals surface area contributed by atoms with Gasteiger partial charge in [0.15, 0.2) is 0 Å². The van der Waals surface area contributed by atoms with Crippen molar-refractivity contribution in [1.82, 2.24) is 5.32 Å². The average molecular weight is 287 g/mol. The van der Waals surface area contributed by atoms with Gasteiger partial charge in [0, 0.05) is 26.2 Å². The summed E-state index contributed by atoms with van der Waals surface area (Å²) >= 11 is 0. The van der Waals surface area contributed by atoms with Gasteiger partial charge in [-0.25, -0.2) is 0 Å². The summed E-state index contributed by atoms with van der Waals surface area (Å²) in [6.07, 6.45) is 1.22. The molecule has 1 aromatic rings. The van der Waals surface area contributed by atoms with Gasteiger partial charge in [-0.05, 0) is 31.0 Å². The van der Waals surface area contributed by atoms with Crippen LogP contribution in [-0.4, -0.2) is 31.8 Å². The van der Waals surface area contributed by atoms with Gasteiger partial charge in [-0.1, -0.05) is 19.9 Å². The zero-order valence-electron chi connectivity index (χ0n) is 13.4. The minimum atomic E-state index is 0.212. The second-order valence-electron chi connectivity index (χ2n) is 6.04. The van der Waals surface area contributed by atoms with E-state index in [2.05, 4.69) is 56.2 Å². The molecular formula is C17H25N3O. The summed E-state index contributed by atoms with van der Waals surface area (Å²) in [5.41, 5.74) is 2.88. The Morgan fingerprint density at radius 2 is 2.24 bits per heavy atom. The number of rotatable bonds is 5. The second kappa shape index (κ2) is 6.93. The lowest BCUT2D eigenvalue weighted by Gasteiger charge is -2.29. The number of benzene rings is 1. The molecule has 2 rings (SSSR count). The molecule has 21 heavy (non-hydrogen) atoms. The van der Waals surface area contributed by atoms with Crippen LogP contribution >= 0.6 is 0 Å². The third kappa shape index (κ3) is 3.75. The van der Waals surface area contributed by atoms with Gasteiger partial charge >= 0.3 is 0 Å². The number of hydrogen-bond donors (Lipinski definition) is 1. The molecule has 1 aliphatic heterocycles. The molecule has 0 bridgehead atoms. The van der Waals surface area contributed by atoms with Crippen LogP contribution in [0.5, 0.6) is 0 Å². The summed E-state index contributed by atoms with van der Waals surface area (Å²) in [6, 6.07) is 9.26. The van der Waals surface area contributed by atoms with Gasteiger partial charge in [-0.15, -0.1) is 0 Å². The van der Waals surface area contributed by atoms with Gasteiger partial charge in [-0.3, -0.25) is 0 Å². The Kier molecular flexibility index (Phi) is 5.22. The summed E-state index contributed by atoms with van der Waals surface area (Å²) in [7, 11) is 2.05. The largest absolute Gasteiger partial charge is 0.376 e. The summed E-state index contributed by atoms with van der Waals surface area (Å²) in [6.45, 7) is 7.93. The van der Waals surface area contributed by atoms with Crippen LogP contribution in [0, 0.1) is 11.3 Å². The van der Waals surface area contributed by atoms with Crippen molar-refractivity contribution in [2.24, 2.45) is 0 Å². The van der Waals surface area contributed by atoms with Crippen LogP contribution < -0.4 is 10.2 Å². The number of likely N-dealkylation sites (N-methyl/N-ethyl adjacent to an activating group) is 1. The van der Waals surface area contributed by atoms with Crippen molar-refractivity contribution in [3.8, 4) is 6.07 Å². The van der Waals surface area contributed by atoms with E-state index in [-0.39, 0.29) is 6.10 Å². The van der Waals surface area contributed by atoms with Crippen LogP contribution in [0.2, 0.25) is 0 Å². The highest BCUT2D eigenvalue weighted by atomic mass is 16.5. The SMILES string of the molecule is CC(C)NCc1ccc(N(C)C2CCOC2C)c(C#N)c1. The summed E-state index contributed by atoms with van der Waals surface area (Å²) in [5.74, 6) is 0. The van der Waals surface area contributed by atoms with Crippen LogP contribution in [0.15, 0.2) is 18.2 Å². The third-order valence-electron chi connectivity index (χ3n) is 4.11. The number of anilines is 1. The lowest BCUT2D eigenvalue weighted by Crippen LogP contribution is -2.37. The maximum absolute atomic E-state index is 9.45. The molecule has 1 aromatic carbocycles. The standard InChI is InChI=1S/C17H25N3O/c1-12(2)19-11-14-5-6-17(15(9-14)10-18)20(4)16-7-8-21-13(16)3/h5-6,9,12-13,16,19H,7-8,11H2,1-4H3. The Balaban J connectivity index is 2.18. The lowest BCUT2D eigenvalue weighted by atomic mass is 10.0. The van der Waals surface area contributed by atoms with Crippen molar-refractivity contribution in [2.75, 3.05) is 18.6 Å². The van der Waals surface area contributed by atoms with E-state index in [9.17, 15) is 5.26 Å². The second-order valence-corrected chi connectivity index (χ2v) is 6.04. The molecule has 0 spiro atoms. The van der Waals surface area contributed by atoms with Crippen molar-refractivity contribution >= 4 is 5.69 Å². The molecule has 1 heterocycles. The van der Waals surface area contributed by atoms with Gasteiger partial charge < -0.3 is 15.0 Å². The van der Waals surface area contributed by atoms with Crippen molar-refractivity contribution in [3.63, 3.8) is 0 Å². The average Bonchev–Trinajstić information content (AvgIpc) is 2.90. The van der Waals surface area contributed by atoms with Gasteiger partial charge in [0.25, 0.3) is 0 Å². The fraction of sp³-hybridized carbons (Fsp3) is 0.588. The Morgan fingerprint density at radius 1 is 1.48 bits per heavy atom. The maximum Gasteiger partial charge on any atom is 0.101 e. The van der Waals surface area contributed by atoms with E-state index < -0.39 is 0 Å². The summed E-state index contributed by atoms with van der Waals surface area (Å²) in [4.78, 5) is 2.19. The summed E-state index contributed by atoms with van der Waals surface area (Å²) < 4.78 is 5.64. The predicted octanol–water partition coefficient (Wildman–Crippen LogP) is 2.67. The highest BCUT2D eigenvalue weighted by molar-refractivity contribution is 5.60. The molecule has 0 radical (unpaired) electrons. The summed E-state index contributed by atoms with van der Waals surface area (Å²) in [5, 5.41) is 12.8. The number of nitrogens with one attached hydrogen (secondary N) is 1. The topological polar surface area (TPSA) is 48.3 Å². The molecule has 1 aliphatic rings. The van der Waals surface area contributed by atoms with Crippen molar-refractivity contribution in [1.29, 1.82) is 5.26 Å². The molecule has 0 aliphatic carbocycles. The Morgan fingerprint density at radius 3 is 2.81 bits per heavy atom. The molecule has 2 unspecified atom stereocenters. The number of nitrogens with zero attached hydrogens (tertiary/aromatic N) is 2. The number of hydrogen-bond acceptors (Lipinski definition) is 4. The van der Waals surface area contributed by atoms with E-state index >= 15 is 0 Å². The maximum atomic E-state index is 9.45. The number of ether oxygens (including phenoxy) is 1. The van der Waals surface area contributed by atoms with E-state index in [1.54, 1.807) is 0 Å². The lowest BCUT2D eigenvalue weighted by molar-refractivity contribution is 0.118. The van der Waals surface area contributed by atoms with Crippen LogP contribution in [0.3, 0.4) is 0 Å². The quantitative estimate of drug-likeness (QED) is 0.904. The zero-order chi connectivity index (χ0) is 15.4. The van der Waals surface area contributed by atoms with Crippen molar-refractivity contribution in [2.45, 2.75) is 51.9 Å². The van der Waals surface area contributed by atoms with Crippen molar-refractivity contribution < 1.29 is 4.74 Å². The monoisotopic (exact) mass is 287 g/mol. The highest BCUT2D eigenvalue weighted by Crippen LogP contribution is 2.27. The van der Waals surface area contributed by atoms with Crippen LogP contribution in [0.4, 0.5) is 5.69 Å². The van der Waals surface area contributed by atoms with Gasteiger partial charge in [0.1, 0.15) is 6.07 Å². The van der Waals surface area contributed by atoms with Gasteiger partial charge in [-0.2, -0.15) is 5.26 Å². The molecule has 0 aromatic heterocycles. The Hall–Kier alpha value is -1.57. The normalized spacial score (nSPS) is 21.5. The first kappa shape index (κ1) is 15.8. The Bertz CT molecular complexity index is 521. The molecule has 4 nitrogen and oxygen atoms in total. The molecule has 0 saturated carbocycles. The van der Waals surface area contributed by atoms with Crippen molar-refractivity contribution in [3.05, 3.63) is 29.3 Å². The molecule has 1 fully saturated rings. The minimum Gasteiger partial charge on any atom is -0.376 e. The van der Waals surface area contributed by atoms with E-state index in [0.717, 1.165) is 36.4 Å². The van der Waals surface area contributed by atoms with E-state index in [1.165, 1.54) is 0 Å². The fourth-order valence-electron chi connectivity index (χ4n) is 2.82. The van der Waals surface area contributed by atoms with Gasteiger partial charge in [0.05, 0.1) is 23.4 Å². The van der Waals surface area contributed by atoms with E-state index in [1.807, 2.05) is 6.07 Å². The first-order valence-electron chi connectivity index (χ1n) is 7.63. The smallest absolute Gasteiger partial charge is 0.101 e. The van der Waals surface area contributed by atoms with Crippen LogP contribution in [0.1, 0.15) is 38.3 Å². The fourth-order valence-corrected chi connectivity index (χ4v) is 2.82. The first-order chi connectivity index (χ1) is 10.0. The minimum absolute atomic E-state index is 0.212. The number of nitriles is 1. The molecule has 1 N–H and O–H groups in total. The molecular weight excluding hydrogens is 262 g/mol. The molecule has 114 valence electrons. The van der Waals surface area contributed by atoms with Gasteiger partial charge in [0.2, 0.25) is 0 Å². The predicted molar refractivity (Wildman–Crippen MR) is 85.4 cm³/mol. The van der Waals surface area contributed by atoms with Crippen LogP contribution in [0.25, 0.3) is 0 Å². The molecule has 2 atom stereocenters. The molecule has 0 amide bonds. The highest BCUT2D eigenvalue weighted by Gasteiger charge is 2.29. The van der Waals surface area contributed by atoms with E-state index in [4.69, 9.17) is 4.74 Å². The molecule has 1 saturated heterocycles.